The fourth-order valence-electron chi connectivity index (χ4n) is 4.30. The van der Waals surface area contributed by atoms with Crippen molar-refractivity contribution in [2.45, 2.75) is 39.2 Å². The lowest BCUT2D eigenvalue weighted by molar-refractivity contribution is 0.0513. The van der Waals surface area contributed by atoms with Crippen molar-refractivity contribution in [2.24, 2.45) is 5.92 Å². The molecule has 1 N–H and O–H groups in total. The third kappa shape index (κ3) is 3.20. The molecule has 0 atom stereocenters. The molecular weight excluding hydrogens is 364 g/mol. The van der Waals surface area contributed by atoms with Crippen LogP contribution >= 0.6 is 0 Å². The Hall–Kier alpha value is -3.08. The molecule has 29 heavy (non-hydrogen) atoms. The maximum absolute atomic E-state index is 12.9. The largest absolute Gasteiger partial charge is 0.461 e. The zero-order chi connectivity index (χ0) is 20.0. The summed E-state index contributed by atoms with van der Waals surface area (Å²) in [5, 5.41) is 0. The predicted molar refractivity (Wildman–Crippen MR) is 112 cm³/mol. The van der Waals surface area contributed by atoms with E-state index in [-0.39, 0.29) is 11.5 Å². The SMILES string of the molecule is CCOC(=O)c1cc2c(n1CC1CC1)-c1[nH]c(=O)c(-c3ccccc3)cc1CC2. The molecule has 3 aromatic rings. The van der Waals surface area contributed by atoms with Gasteiger partial charge in [0.15, 0.2) is 0 Å². The summed E-state index contributed by atoms with van der Waals surface area (Å²) >= 11 is 0. The van der Waals surface area contributed by atoms with Crippen LogP contribution in [0.2, 0.25) is 0 Å². The van der Waals surface area contributed by atoms with Gasteiger partial charge in [0.25, 0.3) is 5.56 Å². The number of esters is 1. The highest BCUT2D eigenvalue weighted by Gasteiger charge is 2.31. The van der Waals surface area contributed by atoms with E-state index in [0.717, 1.165) is 47.5 Å². The highest BCUT2D eigenvalue weighted by atomic mass is 16.5. The van der Waals surface area contributed by atoms with Crippen LogP contribution in [0.5, 0.6) is 0 Å². The fraction of sp³-hybridized carbons (Fsp3) is 0.333. The number of rotatable bonds is 5. The predicted octanol–water partition coefficient (Wildman–Crippen LogP) is 4.20. The molecule has 5 nitrogen and oxygen atoms in total. The molecule has 5 rings (SSSR count). The smallest absolute Gasteiger partial charge is 0.354 e. The van der Waals surface area contributed by atoms with Gasteiger partial charge in [0, 0.05) is 12.1 Å². The van der Waals surface area contributed by atoms with Gasteiger partial charge in [-0.3, -0.25) is 4.79 Å². The molecule has 0 unspecified atom stereocenters. The Bertz CT molecular complexity index is 1140. The average Bonchev–Trinajstić information content (AvgIpc) is 3.47. The molecule has 5 heteroatoms. The van der Waals surface area contributed by atoms with Crippen molar-refractivity contribution in [3.05, 3.63) is 69.6 Å². The molecule has 0 bridgehead atoms. The Labute approximate surface area is 169 Å². The molecule has 2 heterocycles. The van der Waals surface area contributed by atoms with E-state index in [1.54, 1.807) is 0 Å². The summed E-state index contributed by atoms with van der Waals surface area (Å²) < 4.78 is 7.39. The highest BCUT2D eigenvalue weighted by Crippen LogP contribution is 2.39. The van der Waals surface area contributed by atoms with Gasteiger partial charge in [-0.05, 0) is 67.3 Å². The van der Waals surface area contributed by atoms with Crippen LogP contribution in [0.15, 0.2) is 47.3 Å². The van der Waals surface area contributed by atoms with Crippen LogP contribution in [0.1, 0.15) is 41.4 Å². The first-order valence-electron chi connectivity index (χ1n) is 10.4. The minimum atomic E-state index is -0.285. The summed E-state index contributed by atoms with van der Waals surface area (Å²) in [6.07, 6.45) is 4.07. The van der Waals surface area contributed by atoms with E-state index in [0.29, 0.717) is 23.8 Å². The molecule has 0 spiro atoms. The summed E-state index contributed by atoms with van der Waals surface area (Å²) in [7, 11) is 0. The minimum absolute atomic E-state index is 0.0975. The van der Waals surface area contributed by atoms with Gasteiger partial charge in [-0.25, -0.2) is 4.79 Å². The molecule has 0 saturated heterocycles. The summed E-state index contributed by atoms with van der Waals surface area (Å²) in [4.78, 5) is 28.7. The molecular formula is C24H24N2O3. The van der Waals surface area contributed by atoms with Crippen LogP contribution in [0, 0.1) is 5.92 Å². The summed E-state index contributed by atoms with van der Waals surface area (Å²) in [5.41, 5.74) is 6.20. The van der Waals surface area contributed by atoms with Gasteiger partial charge >= 0.3 is 5.97 Å². The number of ether oxygens (including phenoxy) is 1. The number of carbonyl (C=O) groups excluding carboxylic acids is 1. The number of nitrogens with one attached hydrogen (secondary N) is 1. The van der Waals surface area contributed by atoms with Gasteiger partial charge in [0.2, 0.25) is 0 Å². The Morgan fingerprint density at radius 1 is 1.14 bits per heavy atom. The van der Waals surface area contributed by atoms with Gasteiger partial charge in [-0.15, -0.1) is 0 Å². The van der Waals surface area contributed by atoms with Crippen LogP contribution < -0.4 is 5.56 Å². The number of aromatic amines is 1. The number of pyridine rings is 1. The number of hydrogen-bond acceptors (Lipinski definition) is 3. The van der Waals surface area contributed by atoms with Gasteiger partial charge in [-0.2, -0.15) is 0 Å². The zero-order valence-electron chi connectivity index (χ0n) is 16.5. The second kappa shape index (κ2) is 7.07. The molecule has 0 aliphatic heterocycles. The number of aryl methyl sites for hydroxylation is 2. The molecule has 148 valence electrons. The third-order valence-corrected chi connectivity index (χ3v) is 5.91. The number of fused-ring (bicyclic) bond motifs is 3. The van der Waals surface area contributed by atoms with Gasteiger partial charge in [0.1, 0.15) is 5.69 Å². The number of aromatic nitrogens is 2. The van der Waals surface area contributed by atoms with Crippen LogP contribution in [-0.4, -0.2) is 22.1 Å². The van der Waals surface area contributed by atoms with Crippen LogP contribution in [-0.2, 0) is 24.1 Å². The molecule has 0 radical (unpaired) electrons. The standard InChI is InChI=1S/C24H24N2O3/c1-2-29-24(28)20-13-18-11-10-17-12-19(16-6-4-3-5-7-16)23(27)25-21(17)22(18)26(20)14-15-8-9-15/h3-7,12-13,15H,2,8-11,14H2,1H3,(H,25,27). The Kier molecular flexibility index (Phi) is 4.38. The Morgan fingerprint density at radius 3 is 2.62 bits per heavy atom. The van der Waals surface area contributed by atoms with E-state index in [4.69, 9.17) is 4.74 Å². The number of carbonyl (C=O) groups is 1. The van der Waals surface area contributed by atoms with Crippen molar-refractivity contribution < 1.29 is 9.53 Å². The molecule has 0 amide bonds. The average molecular weight is 388 g/mol. The van der Waals surface area contributed by atoms with Gasteiger partial charge < -0.3 is 14.3 Å². The van der Waals surface area contributed by atoms with Gasteiger partial charge in [-0.1, -0.05) is 30.3 Å². The number of H-pyrrole nitrogens is 1. The summed E-state index contributed by atoms with van der Waals surface area (Å²) in [6, 6.07) is 13.7. The minimum Gasteiger partial charge on any atom is -0.461 e. The van der Waals surface area contributed by atoms with Crippen molar-refractivity contribution in [1.29, 1.82) is 0 Å². The third-order valence-electron chi connectivity index (χ3n) is 5.91. The number of benzene rings is 1. The van der Waals surface area contributed by atoms with Crippen molar-refractivity contribution in [2.75, 3.05) is 6.61 Å². The molecule has 1 aromatic carbocycles. The van der Waals surface area contributed by atoms with Crippen molar-refractivity contribution in [3.8, 4) is 22.5 Å². The van der Waals surface area contributed by atoms with Crippen LogP contribution in [0.25, 0.3) is 22.5 Å². The molecule has 2 aromatic heterocycles. The second-order valence-electron chi connectivity index (χ2n) is 7.96. The molecule has 1 saturated carbocycles. The Morgan fingerprint density at radius 2 is 1.90 bits per heavy atom. The van der Waals surface area contributed by atoms with E-state index in [1.165, 1.54) is 12.8 Å². The van der Waals surface area contributed by atoms with Crippen molar-refractivity contribution in [3.63, 3.8) is 0 Å². The quantitative estimate of drug-likeness (QED) is 0.667. The first-order chi connectivity index (χ1) is 14.2. The van der Waals surface area contributed by atoms with Crippen LogP contribution in [0.3, 0.4) is 0 Å². The van der Waals surface area contributed by atoms with E-state index in [1.807, 2.05) is 49.4 Å². The lowest BCUT2D eigenvalue weighted by Gasteiger charge is -2.21. The first kappa shape index (κ1) is 18.0. The molecule has 2 aliphatic rings. The fourth-order valence-corrected chi connectivity index (χ4v) is 4.30. The topological polar surface area (TPSA) is 64.1 Å². The number of hydrogen-bond donors (Lipinski definition) is 1. The lowest BCUT2D eigenvalue weighted by Crippen LogP contribution is -2.19. The summed E-state index contributed by atoms with van der Waals surface area (Å²) in [6.45, 7) is 2.97. The Balaban J connectivity index is 1.66. The van der Waals surface area contributed by atoms with E-state index < -0.39 is 0 Å². The van der Waals surface area contributed by atoms with Crippen molar-refractivity contribution >= 4 is 5.97 Å². The van der Waals surface area contributed by atoms with E-state index >= 15 is 0 Å². The maximum Gasteiger partial charge on any atom is 0.354 e. The summed E-state index contributed by atoms with van der Waals surface area (Å²) in [5.74, 6) is 0.313. The maximum atomic E-state index is 12.9. The van der Waals surface area contributed by atoms with E-state index in [2.05, 4.69) is 9.55 Å². The normalized spacial score (nSPS) is 14.9. The highest BCUT2D eigenvalue weighted by molar-refractivity contribution is 5.90. The molecule has 2 aliphatic carbocycles. The van der Waals surface area contributed by atoms with E-state index in [9.17, 15) is 9.59 Å². The number of nitrogens with zero attached hydrogens (tertiary/aromatic N) is 1. The second-order valence-corrected chi connectivity index (χ2v) is 7.96. The monoisotopic (exact) mass is 388 g/mol. The van der Waals surface area contributed by atoms with Crippen LogP contribution in [0.4, 0.5) is 0 Å². The zero-order valence-corrected chi connectivity index (χ0v) is 16.5. The van der Waals surface area contributed by atoms with Gasteiger partial charge in [0.05, 0.1) is 18.0 Å². The first-order valence-corrected chi connectivity index (χ1v) is 10.4. The lowest BCUT2D eigenvalue weighted by atomic mass is 9.92. The van der Waals surface area contributed by atoms with Crippen molar-refractivity contribution in [1.82, 2.24) is 9.55 Å². The molecule has 1 fully saturated rings.